The molecule has 0 radical (unpaired) electrons. The van der Waals surface area contributed by atoms with Gasteiger partial charge in [-0.25, -0.2) is 0 Å². The van der Waals surface area contributed by atoms with E-state index in [1.54, 1.807) is 5.30 Å². The SMILES string of the molecule is CS[P+]1(c2ccccc2)C(C)(C)C(C)C1(C)C. The second kappa shape index (κ2) is 4.00. The van der Waals surface area contributed by atoms with Gasteiger partial charge in [0.25, 0.3) is 0 Å². The highest BCUT2D eigenvalue weighted by Crippen LogP contribution is 2.94. The Kier molecular flexibility index (Phi) is 3.16. The van der Waals surface area contributed by atoms with Gasteiger partial charge in [-0.2, -0.15) is 0 Å². The van der Waals surface area contributed by atoms with E-state index in [4.69, 9.17) is 0 Å². The minimum absolute atomic E-state index is 0.456. The summed E-state index contributed by atoms with van der Waals surface area (Å²) in [6.07, 6.45) is 2.32. The van der Waals surface area contributed by atoms with Gasteiger partial charge in [-0.3, -0.25) is 0 Å². The van der Waals surface area contributed by atoms with E-state index in [0.717, 1.165) is 5.92 Å². The van der Waals surface area contributed by atoms with Crippen LogP contribution in [0, 0.1) is 5.92 Å². The zero-order valence-corrected chi connectivity index (χ0v) is 13.5. The van der Waals surface area contributed by atoms with Gasteiger partial charge in [0.15, 0.2) is 0 Å². The third kappa shape index (κ3) is 1.42. The molecule has 0 nitrogen and oxygen atoms in total. The molecule has 2 rings (SSSR count). The maximum absolute atomic E-state index is 2.47. The third-order valence-electron chi connectivity index (χ3n) is 5.14. The number of hydrogen-bond donors (Lipinski definition) is 0. The third-order valence-corrected chi connectivity index (χ3v) is 15.8. The van der Waals surface area contributed by atoms with Crippen molar-refractivity contribution in [2.24, 2.45) is 5.92 Å². The van der Waals surface area contributed by atoms with Gasteiger partial charge in [0.2, 0.25) is 0 Å². The highest BCUT2D eigenvalue weighted by Gasteiger charge is 2.78. The largest absolute Gasteiger partial charge is 0.117 e. The van der Waals surface area contributed by atoms with Crippen LogP contribution in [0.25, 0.3) is 0 Å². The summed E-state index contributed by atoms with van der Waals surface area (Å²) in [6.45, 7) is 11.2. The van der Waals surface area contributed by atoms with Crippen LogP contribution in [0.5, 0.6) is 0 Å². The van der Waals surface area contributed by atoms with Crippen molar-refractivity contribution < 1.29 is 0 Å². The van der Waals surface area contributed by atoms with E-state index >= 15 is 0 Å². The summed E-state index contributed by atoms with van der Waals surface area (Å²) >= 11 is 2.14. The molecule has 1 heterocycles. The molecular weight excluding hydrogens is 243 g/mol. The molecule has 0 spiro atoms. The minimum Gasteiger partial charge on any atom is -0.0620 e. The van der Waals surface area contributed by atoms with E-state index < -0.39 is 6.46 Å². The zero-order valence-electron chi connectivity index (χ0n) is 11.8. The Balaban J connectivity index is 2.59. The molecule has 0 N–H and O–H groups in total. The lowest BCUT2D eigenvalue weighted by molar-refractivity contribution is 0.305. The van der Waals surface area contributed by atoms with E-state index in [2.05, 4.69) is 82.6 Å². The van der Waals surface area contributed by atoms with Crippen LogP contribution >= 0.6 is 17.8 Å². The molecule has 94 valence electrons. The summed E-state index contributed by atoms with van der Waals surface area (Å²) in [5, 5.41) is 2.51. The van der Waals surface area contributed by atoms with Crippen molar-refractivity contribution in [3.05, 3.63) is 30.3 Å². The van der Waals surface area contributed by atoms with Gasteiger partial charge < -0.3 is 0 Å². The smallest absolute Gasteiger partial charge is 0.0620 e. The van der Waals surface area contributed by atoms with Crippen molar-refractivity contribution in [1.29, 1.82) is 0 Å². The van der Waals surface area contributed by atoms with Crippen LogP contribution in [0.4, 0.5) is 0 Å². The lowest BCUT2D eigenvalue weighted by Gasteiger charge is -2.63. The molecule has 2 heteroatoms. The molecule has 0 unspecified atom stereocenters. The topological polar surface area (TPSA) is 0 Å². The van der Waals surface area contributed by atoms with E-state index in [1.165, 1.54) is 0 Å². The highest BCUT2D eigenvalue weighted by atomic mass is 32.7. The van der Waals surface area contributed by atoms with E-state index in [1.807, 2.05) is 0 Å². The highest BCUT2D eigenvalue weighted by molar-refractivity contribution is 8.65. The average molecular weight is 267 g/mol. The van der Waals surface area contributed by atoms with Crippen molar-refractivity contribution in [3.8, 4) is 0 Å². The summed E-state index contributed by atoms with van der Waals surface area (Å²) < 4.78 is 0. The van der Waals surface area contributed by atoms with Gasteiger partial charge in [0, 0.05) is 23.6 Å². The molecular formula is C15H24PS+. The first-order chi connectivity index (χ1) is 7.82. The standard InChI is InChI=1S/C15H24PS/c1-12-14(2,3)16(17-6,15(12,4)5)13-10-8-7-9-11-13/h7-12H,1-6H3/q+1. The van der Waals surface area contributed by atoms with Crippen molar-refractivity contribution in [1.82, 2.24) is 0 Å². The molecule has 1 fully saturated rings. The molecule has 1 saturated heterocycles. The Morgan fingerprint density at radius 1 is 1.00 bits per heavy atom. The molecule has 1 aromatic rings. The normalized spacial score (nSPS) is 34.1. The molecule has 0 bridgehead atoms. The predicted octanol–water partition coefficient (Wildman–Crippen LogP) is 4.81. The summed E-state index contributed by atoms with van der Waals surface area (Å²) in [5.74, 6) is 0.788. The van der Waals surface area contributed by atoms with Crippen molar-refractivity contribution >= 4 is 23.2 Å². The van der Waals surface area contributed by atoms with Gasteiger partial charge >= 0.3 is 0 Å². The summed E-state index contributed by atoms with van der Waals surface area (Å²) in [7, 11) is 0. The van der Waals surface area contributed by atoms with Crippen molar-refractivity contribution in [2.75, 3.05) is 6.26 Å². The van der Waals surface area contributed by atoms with Crippen LogP contribution in [0.15, 0.2) is 30.3 Å². The van der Waals surface area contributed by atoms with Gasteiger partial charge in [0.05, 0.1) is 10.3 Å². The second-order valence-electron chi connectivity index (χ2n) is 6.16. The minimum atomic E-state index is -1.15. The first-order valence-corrected chi connectivity index (χ1v) is 9.95. The number of benzene rings is 1. The van der Waals surface area contributed by atoms with Crippen LogP contribution in [0.1, 0.15) is 34.6 Å². The van der Waals surface area contributed by atoms with E-state index in [-0.39, 0.29) is 0 Å². The Labute approximate surface area is 111 Å². The Morgan fingerprint density at radius 2 is 1.47 bits per heavy atom. The fraction of sp³-hybridized carbons (Fsp3) is 0.600. The zero-order chi connectivity index (χ0) is 12.9. The fourth-order valence-corrected chi connectivity index (χ4v) is 14.8. The van der Waals surface area contributed by atoms with Crippen LogP contribution in [-0.4, -0.2) is 16.6 Å². The first kappa shape index (κ1) is 13.4. The second-order valence-corrected chi connectivity index (χ2v) is 13.3. The predicted molar refractivity (Wildman–Crippen MR) is 83.8 cm³/mol. The van der Waals surface area contributed by atoms with Crippen LogP contribution in [0.3, 0.4) is 0 Å². The van der Waals surface area contributed by atoms with Crippen LogP contribution < -0.4 is 5.30 Å². The molecule has 0 amide bonds. The average Bonchev–Trinajstić information content (AvgIpc) is 2.30. The Morgan fingerprint density at radius 3 is 1.88 bits per heavy atom. The van der Waals surface area contributed by atoms with Crippen molar-refractivity contribution in [3.63, 3.8) is 0 Å². The van der Waals surface area contributed by atoms with E-state index in [9.17, 15) is 0 Å². The number of hydrogen-bond acceptors (Lipinski definition) is 1. The lowest BCUT2D eigenvalue weighted by atomic mass is 9.83. The molecule has 1 aliphatic heterocycles. The molecule has 0 saturated carbocycles. The van der Waals surface area contributed by atoms with Gasteiger partial charge in [-0.15, -0.1) is 0 Å². The molecule has 1 aromatic carbocycles. The molecule has 0 aliphatic carbocycles. The van der Waals surface area contributed by atoms with Gasteiger partial charge in [0.1, 0.15) is 11.8 Å². The van der Waals surface area contributed by atoms with Gasteiger partial charge in [-0.1, -0.05) is 25.1 Å². The maximum Gasteiger partial charge on any atom is 0.117 e. The maximum atomic E-state index is 2.47. The van der Waals surface area contributed by atoms with Crippen molar-refractivity contribution in [2.45, 2.75) is 44.9 Å². The monoisotopic (exact) mass is 267 g/mol. The molecule has 0 aromatic heterocycles. The van der Waals surface area contributed by atoms with Crippen LogP contribution in [0.2, 0.25) is 0 Å². The van der Waals surface area contributed by atoms with Crippen LogP contribution in [-0.2, 0) is 0 Å². The molecule has 17 heavy (non-hydrogen) atoms. The Bertz CT molecular complexity index is 392. The van der Waals surface area contributed by atoms with E-state index in [0.29, 0.717) is 10.3 Å². The fourth-order valence-electron chi connectivity index (χ4n) is 3.97. The molecule has 0 atom stereocenters. The first-order valence-electron chi connectivity index (χ1n) is 6.33. The Hall–Kier alpha value is 0. The molecule has 1 aliphatic rings. The summed E-state index contributed by atoms with van der Waals surface area (Å²) in [5.41, 5.74) is 0. The summed E-state index contributed by atoms with van der Waals surface area (Å²) in [6, 6.07) is 11.2. The number of rotatable bonds is 2. The van der Waals surface area contributed by atoms with Gasteiger partial charge in [-0.05, 0) is 39.8 Å². The lowest BCUT2D eigenvalue weighted by Crippen LogP contribution is -2.62. The summed E-state index contributed by atoms with van der Waals surface area (Å²) in [4.78, 5) is 0. The quantitative estimate of drug-likeness (QED) is 0.693.